The van der Waals surface area contributed by atoms with E-state index in [1.807, 2.05) is 0 Å². The molecule has 10 nitrogen and oxygen atoms in total. The van der Waals surface area contributed by atoms with Gasteiger partial charge in [-0.3, -0.25) is 4.79 Å². The van der Waals surface area contributed by atoms with E-state index in [-0.39, 0.29) is 84.8 Å². The summed E-state index contributed by atoms with van der Waals surface area (Å²) in [6, 6.07) is 0. The summed E-state index contributed by atoms with van der Waals surface area (Å²) in [6.07, 6.45) is 5.50. The number of methoxy groups -OCH3 is 1. The lowest BCUT2D eigenvalue weighted by atomic mass is 9.80. The van der Waals surface area contributed by atoms with Gasteiger partial charge >= 0.3 is 0 Å². The van der Waals surface area contributed by atoms with Crippen molar-refractivity contribution in [2.45, 2.75) is 176 Å². The maximum Gasteiger partial charge on any atom is 0.172 e. The molecule has 8 heterocycles. The molecule has 268 valence electrons. The Labute approximate surface area is 285 Å². The number of ketones is 1. The molecule has 10 bridgehead atoms. The molecule has 8 saturated heterocycles. The van der Waals surface area contributed by atoms with E-state index in [1.165, 1.54) is 0 Å². The van der Waals surface area contributed by atoms with E-state index >= 15 is 0 Å². The molecule has 0 aliphatic carbocycles. The number of hydrogen-bond donors (Lipinski definition) is 1. The summed E-state index contributed by atoms with van der Waals surface area (Å²) in [7, 11) is 1.71. The van der Waals surface area contributed by atoms with Crippen LogP contribution in [0.1, 0.15) is 90.9 Å². The molecule has 48 heavy (non-hydrogen) atoms. The molecule has 8 aliphatic rings. The third-order valence-corrected chi connectivity index (χ3v) is 13.1. The van der Waals surface area contributed by atoms with Crippen molar-refractivity contribution in [3.63, 3.8) is 0 Å². The van der Waals surface area contributed by atoms with Gasteiger partial charge in [0.05, 0.1) is 73.8 Å². The van der Waals surface area contributed by atoms with Crippen LogP contribution < -0.4 is 0 Å². The van der Waals surface area contributed by atoms with Crippen LogP contribution in [0.5, 0.6) is 0 Å². The van der Waals surface area contributed by atoms with Crippen molar-refractivity contribution in [2.24, 2.45) is 17.8 Å². The van der Waals surface area contributed by atoms with Gasteiger partial charge in [-0.05, 0) is 62.0 Å². The van der Waals surface area contributed by atoms with Gasteiger partial charge in [0, 0.05) is 51.0 Å². The van der Waals surface area contributed by atoms with E-state index in [0.717, 1.165) is 56.1 Å². The van der Waals surface area contributed by atoms with Crippen molar-refractivity contribution < 1.29 is 47.8 Å². The predicted molar refractivity (Wildman–Crippen MR) is 174 cm³/mol. The van der Waals surface area contributed by atoms with Crippen LogP contribution in [0.2, 0.25) is 0 Å². The third-order valence-electron chi connectivity index (χ3n) is 13.1. The van der Waals surface area contributed by atoms with E-state index in [1.54, 1.807) is 7.11 Å². The van der Waals surface area contributed by atoms with Crippen molar-refractivity contribution in [3.8, 4) is 0 Å². The number of fused-ring (bicyclic) bond motifs is 9. The van der Waals surface area contributed by atoms with Crippen LogP contribution in [0.15, 0.2) is 24.3 Å². The number of Topliss-reactive ketones (excluding diaryl/α,β-unsaturated/α-hetero) is 1. The zero-order valence-corrected chi connectivity index (χ0v) is 29.0. The summed E-state index contributed by atoms with van der Waals surface area (Å²) in [6.45, 7) is 13.7. The molecule has 8 rings (SSSR count). The third kappa shape index (κ3) is 6.30. The largest absolute Gasteiger partial charge is 0.390 e. The van der Waals surface area contributed by atoms with Crippen LogP contribution in [-0.4, -0.2) is 110 Å². The smallest absolute Gasteiger partial charge is 0.172 e. The van der Waals surface area contributed by atoms with E-state index in [9.17, 15) is 9.90 Å². The summed E-state index contributed by atoms with van der Waals surface area (Å²) >= 11 is 0. The highest BCUT2D eigenvalue weighted by atomic mass is 16.7. The fraction of sp³-hybridized carbons (Fsp3) is 0.868. The fourth-order valence-electron chi connectivity index (χ4n) is 10.3. The van der Waals surface area contributed by atoms with Gasteiger partial charge in [0.25, 0.3) is 0 Å². The zero-order chi connectivity index (χ0) is 33.3. The Balaban J connectivity index is 1.06. The highest BCUT2D eigenvalue weighted by Crippen LogP contribution is 2.50. The van der Waals surface area contributed by atoms with Crippen LogP contribution in [0.3, 0.4) is 0 Å². The maximum absolute atomic E-state index is 13.8. The fourth-order valence-corrected chi connectivity index (χ4v) is 10.3. The first-order chi connectivity index (χ1) is 23.1. The normalized spacial score (nSPS) is 52.9. The standard InChI is InChI=1S/C38H56O10/c1-19-12-24-6-8-29-20(2)13-26(43-29)10-11-38-17-28(40)36(48-38)34-22(4)35(47-38)37-30(46-34)9-7-25(45-37)14-23(39)15-27-32(42-18-33(27)41-5)16-31(44-24)21(19)3/h19,22,24-37,40H,2-3,6-18H2,1,4-5H3/t19-,22-,24+,25-,26+,27+,28-,29+,30+,31-,32+,33+,34-,35-,36+,37+,38-/m1/s1. The highest BCUT2D eigenvalue weighted by molar-refractivity contribution is 5.79. The van der Waals surface area contributed by atoms with Crippen molar-refractivity contribution in [1.29, 1.82) is 0 Å². The Hall–Kier alpha value is -1.21. The highest BCUT2D eigenvalue weighted by Gasteiger charge is 2.62. The molecule has 8 aliphatic heterocycles. The molecule has 0 aromatic heterocycles. The topological polar surface area (TPSA) is 111 Å². The van der Waals surface area contributed by atoms with Gasteiger partial charge in [-0.1, -0.05) is 27.0 Å². The number of carbonyl (C=O) groups excluding carboxylic acids is 1. The van der Waals surface area contributed by atoms with E-state index in [4.69, 9.17) is 37.9 Å². The van der Waals surface area contributed by atoms with Crippen molar-refractivity contribution in [2.75, 3.05) is 13.7 Å². The molecule has 10 heteroatoms. The first-order valence-corrected chi connectivity index (χ1v) is 18.8. The molecular weight excluding hydrogens is 616 g/mol. The quantitative estimate of drug-likeness (QED) is 0.398. The Morgan fingerprint density at radius 3 is 2.40 bits per heavy atom. The van der Waals surface area contributed by atoms with E-state index < -0.39 is 18.0 Å². The van der Waals surface area contributed by atoms with Gasteiger partial charge in [0.15, 0.2) is 5.79 Å². The van der Waals surface area contributed by atoms with Gasteiger partial charge in [-0.25, -0.2) is 0 Å². The van der Waals surface area contributed by atoms with Crippen molar-refractivity contribution in [1.82, 2.24) is 0 Å². The molecular formula is C38H56O10. The number of aliphatic hydroxyl groups excluding tert-OH is 1. The molecule has 0 saturated carbocycles. The van der Waals surface area contributed by atoms with Gasteiger partial charge in [-0.15, -0.1) is 0 Å². The van der Waals surface area contributed by atoms with Crippen LogP contribution in [0.25, 0.3) is 0 Å². The summed E-state index contributed by atoms with van der Waals surface area (Å²) in [5.74, 6) is -0.517. The predicted octanol–water partition coefficient (Wildman–Crippen LogP) is 4.59. The second kappa shape index (κ2) is 13.4. The van der Waals surface area contributed by atoms with Gasteiger partial charge in [0.1, 0.15) is 18.0 Å². The average molecular weight is 673 g/mol. The van der Waals surface area contributed by atoms with Gasteiger partial charge in [-0.2, -0.15) is 0 Å². The number of ether oxygens (including phenoxy) is 8. The lowest BCUT2D eigenvalue weighted by molar-refractivity contribution is -0.290. The monoisotopic (exact) mass is 672 g/mol. The summed E-state index contributed by atoms with van der Waals surface area (Å²) in [4.78, 5) is 13.8. The molecule has 17 atom stereocenters. The zero-order valence-electron chi connectivity index (χ0n) is 29.0. The average Bonchev–Trinajstić information content (AvgIpc) is 3.71. The Morgan fingerprint density at radius 2 is 1.56 bits per heavy atom. The molecule has 0 aromatic rings. The second-order valence-corrected chi connectivity index (χ2v) is 16.3. The molecule has 1 spiro atoms. The van der Waals surface area contributed by atoms with Crippen LogP contribution in [-0.2, 0) is 42.7 Å². The number of aliphatic hydroxyl groups is 1. The van der Waals surface area contributed by atoms with Gasteiger partial charge in [0.2, 0.25) is 0 Å². The van der Waals surface area contributed by atoms with E-state index in [0.29, 0.717) is 44.6 Å². The summed E-state index contributed by atoms with van der Waals surface area (Å²) < 4.78 is 52.5. The first-order valence-electron chi connectivity index (χ1n) is 18.8. The van der Waals surface area contributed by atoms with Crippen molar-refractivity contribution in [3.05, 3.63) is 24.3 Å². The van der Waals surface area contributed by atoms with Crippen molar-refractivity contribution >= 4 is 5.78 Å². The molecule has 0 aromatic carbocycles. The number of carbonyl (C=O) groups is 1. The lowest BCUT2D eigenvalue weighted by Crippen LogP contribution is -2.62. The summed E-state index contributed by atoms with van der Waals surface area (Å²) in [5, 5.41) is 11.2. The number of rotatable bonds is 1. The molecule has 1 N–H and O–H groups in total. The molecule has 8 fully saturated rings. The Kier molecular flexibility index (Phi) is 9.47. The minimum Gasteiger partial charge on any atom is -0.390 e. The minimum atomic E-state index is -0.932. The second-order valence-electron chi connectivity index (χ2n) is 16.3. The van der Waals surface area contributed by atoms with Gasteiger partial charge < -0.3 is 43.0 Å². The lowest BCUT2D eigenvalue weighted by Gasteiger charge is -2.50. The Bertz CT molecular complexity index is 1240. The minimum absolute atomic E-state index is 0.0114. The SMILES string of the molecule is C=C1C[C@@H]2CC[C@]34C[C@@H](O)[C@H](O3)[C@@H]3O[C@H]5CC[C@H](CC(=O)C[C@@H]6[C@@H](OC)CO[C@H]6C[C@H]6O[C@@H](CC[C@@H]1O2)C[C@@H](C)C6=C)O[C@@H]5[C@H](O4)[C@@H]3C. The maximum atomic E-state index is 13.8. The first kappa shape index (κ1) is 33.9. The van der Waals surface area contributed by atoms with E-state index in [2.05, 4.69) is 27.0 Å². The number of hydrogen-bond acceptors (Lipinski definition) is 10. The van der Waals surface area contributed by atoms with Crippen LogP contribution in [0, 0.1) is 17.8 Å². The Morgan fingerprint density at radius 1 is 0.792 bits per heavy atom. The molecule has 0 amide bonds. The summed E-state index contributed by atoms with van der Waals surface area (Å²) in [5.41, 5.74) is 2.24. The molecule has 0 unspecified atom stereocenters. The van der Waals surface area contributed by atoms with Crippen LogP contribution >= 0.6 is 0 Å². The van der Waals surface area contributed by atoms with Crippen LogP contribution in [0.4, 0.5) is 0 Å². The molecule has 0 radical (unpaired) electrons.